The molecule has 0 atom stereocenters. The quantitative estimate of drug-likeness (QED) is 0.432. The van der Waals surface area contributed by atoms with E-state index in [9.17, 15) is 0 Å². The van der Waals surface area contributed by atoms with Crippen molar-refractivity contribution >= 4 is 0 Å². The van der Waals surface area contributed by atoms with Crippen molar-refractivity contribution in [2.45, 2.75) is 0 Å². The fourth-order valence-electron chi connectivity index (χ4n) is 0.227. The van der Waals surface area contributed by atoms with E-state index in [1.807, 2.05) is 0 Å². The fraction of sp³-hybridized carbons (Fsp3) is 0. The molecule has 3 heteroatoms. The highest BCUT2D eigenvalue weighted by molar-refractivity contribution is 4.97. The van der Waals surface area contributed by atoms with Gasteiger partial charge < -0.3 is 9.94 Å². The van der Waals surface area contributed by atoms with Crippen LogP contribution in [0.1, 0.15) is 0 Å². The van der Waals surface area contributed by atoms with Crippen LogP contribution in [0.2, 0.25) is 0 Å². The molecule has 0 bridgehead atoms. The molecule has 33 valence electrons. The second kappa shape index (κ2) is 1.28. The Morgan fingerprint density at radius 3 is 2.83 bits per heavy atom. The zero-order valence-electron chi connectivity index (χ0n) is 3.01. The lowest BCUT2D eigenvalue weighted by Crippen LogP contribution is -2.09. The Labute approximate surface area is 35.2 Å². The average Bonchev–Trinajstić information content (AvgIpc) is 1.86. The number of hydrogen-bond acceptors (Lipinski definition) is 3. The third kappa shape index (κ3) is 0.502. The monoisotopic (exact) mass is 86.0 g/mol. The van der Waals surface area contributed by atoms with Gasteiger partial charge in [-0.25, -0.2) is 0 Å². The largest absolute Gasteiger partial charge is 0.413 e. The summed E-state index contributed by atoms with van der Waals surface area (Å²) in [6, 6.07) is 0. The number of hydrogen-bond donors (Lipinski definition) is 2. The predicted octanol–water partition coefficient (Wildman–Crippen LogP) is -0.103. The van der Waals surface area contributed by atoms with Crippen molar-refractivity contribution in [1.29, 1.82) is 0 Å². The van der Waals surface area contributed by atoms with Crippen LogP contribution in [0.5, 0.6) is 0 Å². The van der Waals surface area contributed by atoms with E-state index >= 15 is 0 Å². The van der Waals surface area contributed by atoms with Crippen LogP contribution in [-0.4, -0.2) is 5.11 Å². The molecule has 1 radical (unpaired) electrons. The van der Waals surface area contributed by atoms with Crippen LogP contribution in [0.4, 0.5) is 0 Å². The molecule has 0 fully saturated rings. The first-order valence-corrected chi connectivity index (χ1v) is 1.54. The van der Waals surface area contributed by atoms with Gasteiger partial charge in [-0.2, -0.15) is 0 Å². The van der Waals surface area contributed by atoms with Crippen LogP contribution in [0.3, 0.4) is 0 Å². The normalized spacial score (nSPS) is 21.5. The number of hydroxylamine groups is 1. The molecule has 3 nitrogen and oxygen atoms in total. The molecule has 0 saturated carbocycles. The zero-order chi connectivity index (χ0) is 4.41. The lowest BCUT2D eigenvalue weighted by Gasteiger charge is -1.91. The minimum atomic E-state index is 0.0509. The van der Waals surface area contributed by atoms with E-state index in [0.717, 1.165) is 0 Å². The van der Waals surface area contributed by atoms with Gasteiger partial charge in [0.25, 0.3) is 0 Å². The van der Waals surface area contributed by atoms with Crippen LogP contribution in [0.15, 0.2) is 12.3 Å². The van der Waals surface area contributed by atoms with Gasteiger partial charge in [-0.1, -0.05) is 0 Å². The predicted molar refractivity (Wildman–Crippen MR) is 18.5 cm³/mol. The van der Waals surface area contributed by atoms with Crippen molar-refractivity contribution in [3.05, 3.63) is 18.6 Å². The summed E-state index contributed by atoms with van der Waals surface area (Å²) in [5.41, 5.74) is 2.18. The summed E-state index contributed by atoms with van der Waals surface area (Å²) in [7, 11) is 0. The molecule has 0 aromatic rings. The van der Waals surface area contributed by atoms with Gasteiger partial charge in [-0.05, 0) is 0 Å². The van der Waals surface area contributed by atoms with Crippen LogP contribution in [0.25, 0.3) is 0 Å². The minimum absolute atomic E-state index is 0.0509. The molecule has 1 heterocycles. The van der Waals surface area contributed by atoms with E-state index in [1.54, 1.807) is 0 Å². The summed E-state index contributed by atoms with van der Waals surface area (Å²) >= 11 is 0. The van der Waals surface area contributed by atoms with Gasteiger partial charge in [0.15, 0.2) is 0 Å². The van der Waals surface area contributed by atoms with Crippen LogP contribution in [-0.2, 0) is 4.84 Å². The second-order valence-electron chi connectivity index (χ2n) is 0.908. The molecule has 0 saturated heterocycles. The highest BCUT2D eigenvalue weighted by Gasteiger charge is 2.02. The van der Waals surface area contributed by atoms with Gasteiger partial charge in [-0.3, -0.25) is 0 Å². The molecular weight excluding hydrogens is 82.0 g/mol. The first-order valence-electron chi connectivity index (χ1n) is 1.54. The molecule has 0 spiro atoms. The standard InChI is InChI=1S/C3H4NO2/c5-3-1-2-6-4-3/h1-2,4-5H. The summed E-state index contributed by atoms with van der Waals surface area (Å²) < 4.78 is 0. The lowest BCUT2D eigenvalue weighted by molar-refractivity contribution is 0.108. The van der Waals surface area contributed by atoms with E-state index in [0.29, 0.717) is 0 Å². The maximum absolute atomic E-state index is 8.32. The maximum atomic E-state index is 8.32. The van der Waals surface area contributed by atoms with Crippen molar-refractivity contribution < 1.29 is 9.94 Å². The number of rotatable bonds is 0. The molecule has 0 unspecified atom stereocenters. The molecule has 1 aliphatic rings. The first-order chi connectivity index (χ1) is 2.89. The number of aliphatic hydroxyl groups excluding tert-OH is 1. The zero-order valence-corrected chi connectivity index (χ0v) is 3.01. The highest BCUT2D eigenvalue weighted by atomic mass is 16.7. The van der Waals surface area contributed by atoms with E-state index in [4.69, 9.17) is 5.11 Å². The van der Waals surface area contributed by atoms with Gasteiger partial charge in [0.1, 0.15) is 6.26 Å². The van der Waals surface area contributed by atoms with Gasteiger partial charge >= 0.3 is 0 Å². The van der Waals surface area contributed by atoms with Gasteiger partial charge in [-0.15, -0.1) is 5.48 Å². The lowest BCUT2D eigenvalue weighted by atomic mass is 10.6. The van der Waals surface area contributed by atoms with Crippen LogP contribution in [0, 0.1) is 6.23 Å². The molecular formula is C3H4NO2. The molecule has 1 rings (SSSR count). The van der Waals surface area contributed by atoms with Crippen molar-refractivity contribution in [2.75, 3.05) is 0 Å². The Morgan fingerprint density at radius 1 is 1.83 bits per heavy atom. The fourth-order valence-corrected chi connectivity index (χ4v) is 0.227. The summed E-state index contributed by atoms with van der Waals surface area (Å²) in [5, 5.41) is 8.32. The van der Waals surface area contributed by atoms with Crippen molar-refractivity contribution in [1.82, 2.24) is 5.48 Å². The van der Waals surface area contributed by atoms with Gasteiger partial charge in [0.05, 0.1) is 0 Å². The van der Waals surface area contributed by atoms with E-state index in [-0.39, 0.29) is 6.23 Å². The molecule has 1 aliphatic heterocycles. The summed E-state index contributed by atoms with van der Waals surface area (Å²) in [4.78, 5) is 4.34. The Kier molecular flexibility index (Phi) is 0.777. The van der Waals surface area contributed by atoms with Crippen molar-refractivity contribution in [3.63, 3.8) is 0 Å². The van der Waals surface area contributed by atoms with Gasteiger partial charge in [0, 0.05) is 6.08 Å². The van der Waals surface area contributed by atoms with Crippen LogP contribution < -0.4 is 5.48 Å². The smallest absolute Gasteiger partial charge is 0.219 e. The summed E-state index contributed by atoms with van der Waals surface area (Å²) in [6.07, 6.45) is 2.82. The Bertz CT molecular complexity index is 71.2. The van der Waals surface area contributed by atoms with E-state index in [2.05, 4.69) is 10.3 Å². The third-order valence-electron chi connectivity index (χ3n) is 0.457. The molecule has 6 heavy (non-hydrogen) atoms. The Morgan fingerprint density at radius 2 is 2.67 bits per heavy atom. The number of aliphatic hydroxyl groups is 1. The SMILES string of the molecule is O[C]1C=CON1. The summed E-state index contributed by atoms with van der Waals surface area (Å²) in [6.45, 7) is 0. The number of nitrogens with one attached hydrogen (secondary N) is 1. The van der Waals surface area contributed by atoms with Crippen molar-refractivity contribution in [2.24, 2.45) is 0 Å². The summed E-state index contributed by atoms with van der Waals surface area (Å²) in [5.74, 6) is 0. The molecule has 0 aromatic carbocycles. The molecule has 0 aromatic heterocycles. The topological polar surface area (TPSA) is 41.5 Å². The molecule has 2 N–H and O–H groups in total. The second-order valence-corrected chi connectivity index (χ2v) is 0.908. The van der Waals surface area contributed by atoms with Crippen LogP contribution >= 0.6 is 0 Å². The Balaban J connectivity index is 2.38. The average molecular weight is 86.1 g/mol. The van der Waals surface area contributed by atoms with E-state index in [1.165, 1.54) is 12.3 Å². The minimum Gasteiger partial charge on any atom is -0.413 e. The third-order valence-corrected chi connectivity index (χ3v) is 0.457. The van der Waals surface area contributed by atoms with Gasteiger partial charge in [0.2, 0.25) is 6.23 Å². The highest BCUT2D eigenvalue weighted by Crippen LogP contribution is 1.96. The molecule has 0 aliphatic carbocycles. The first kappa shape index (κ1) is 3.64. The maximum Gasteiger partial charge on any atom is 0.219 e. The van der Waals surface area contributed by atoms with E-state index < -0.39 is 0 Å². The molecule has 0 amide bonds. The Hall–Kier alpha value is -0.540. The van der Waals surface area contributed by atoms with Crippen molar-refractivity contribution in [3.8, 4) is 0 Å².